The molecule has 35 heavy (non-hydrogen) atoms. The maximum Gasteiger partial charge on any atom is 0.312 e. The molecule has 0 spiro atoms. The topological polar surface area (TPSA) is 97.3 Å². The molecule has 1 aliphatic rings. The third kappa shape index (κ3) is 4.23. The van der Waals surface area contributed by atoms with Gasteiger partial charge in [0.25, 0.3) is 8.32 Å². The van der Waals surface area contributed by atoms with Crippen molar-refractivity contribution in [1.82, 2.24) is 19.5 Å². The molecule has 0 bridgehead atoms. The van der Waals surface area contributed by atoms with Crippen molar-refractivity contribution in [2.75, 3.05) is 18.9 Å². The van der Waals surface area contributed by atoms with Crippen LogP contribution in [0.25, 0.3) is 11.2 Å². The number of nitrogens with two attached hydrogens (primary N) is 1. The lowest BCUT2D eigenvalue weighted by Gasteiger charge is -2.43. The average molecular weight is 494 g/mol. The third-order valence-electron chi connectivity index (χ3n) is 6.32. The summed E-state index contributed by atoms with van der Waals surface area (Å²) in [6.07, 6.45) is -0.555. The molecule has 1 fully saturated rings. The standard InChI is InChI=1S/C25H28FN5O3Si/c1-25(2,3)35(17-10-6-4-7-11-17,18-12-8-5-9-13-18)33-15-20-32-14-19(34-20)31-16-28-21-22(27)29-24(26)30-23(21)31/h4-13,16,19-20H,14-15H2,1-3H3,(H2,27,29,30)/t19-,20-/m1/s1. The van der Waals surface area contributed by atoms with Crippen LogP contribution in [0.5, 0.6) is 0 Å². The summed E-state index contributed by atoms with van der Waals surface area (Å²) in [7, 11) is -2.73. The first kappa shape index (κ1) is 23.6. The van der Waals surface area contributed by atoms with Gasteiger partial charge >= 0.3 is 6.08 Å². The number of anilines is 1. The van der Waals surface area contributed by atoms with Gasteiger partial charge in [0, 0.05) is 0 Å². The average Bonchev–Trinajstić information content (AvgIpc) is 3.47. The van der Waals surface area contributed by atoms with Crippen molar-refractivity contribution >= 4 is 35.7 Å². The van der Waals surface area contributed by atoms with Gasteiger partial charge in [-0.3, -0.25) is 4.57 Å². The smallest absolute Gasteiger partial charge is 0.312 e. The normalized spacial score (nSPS) is 18.9. The number of aromatic nitrogens is 4. The van der Waals surface area contributed by atoms with Crippen LogP contribution in [0.3, 0.4) is 0 Å². The van der Waals surface area contributed by atoms with Gasteiger partial charge in [-0.05, 0) is 15.4 Å². The number of hydrogen-bond donors (Lipinski definition) is 1. The number of hydrogen-bond acceptors (Lipinski definition) is 7. The zero-order chi connectivity index (χ0) is 24.6. The summed E-state index contributed by atoms with van der Waals surface area (Å²) in [5, 5.41) is 2.19. The van der Waals surface area contributed by atoms with Crippen molar-refractivity contribution in [3.63, 3.8) is 0 Å². The van der Waals surface area contributed by atoms with E-state index in [1.807, 2.05) is 36.4 Å². The summed E-state index contributed by atoms with van der Waals surface area (Å²) in [5.41, 5.74) is 6.37. The number of halogens is 1. The highest BCUT2D eigenvalue weighted by Gasteiger charge is 2.50. The highest BCUT2D eigenvalue weighted by Crippen LogP contribution is 2.37. The number of imidazole rings is 1. The lowest BCUT2D eigenvalue weighted by Crippen LogP contribution is -2.67. The lowest BCUT2D eigenvalue weighted by molar-refractivity contribution is -0.0943. The van der Waals surface area contributed by atoms with Crippen LogP contribution in [0, 0.1) is 6.08 Å². The van der Waals surface area contributed by atoms with Gasteiger partial charge in [0.2, 0.25) is 0 Å². The Balaban J connectivity index is 1.42. The SMILES string of the molecule is CC(C)(C)[Si](OC[C@@H]1OC[C@H](n2cnc3c(N)nc(F)nc32)O1)(c1ccccc1)c1ccccc1. The largest absolute Gasteiger partial charge is 0.402 e. The minimum atomic E-state index is -2.73. The Morgan fingerprint density at radius 3 is 2.29 bits per heavy atom. The summed E-state index contributed by atoms with van der Waals surface area (Å²) in [4.78, 5) is 11.6. The van der Waals surface area contributed by atoms with Crippen molar-refractivity contribution in [3.05, 3.63) is 73.1 Å². The Kier molecular flexibility index (Phi) is 6.14. The maximum absolute atomic E-state index is 13.8. The first-order valence-corrected chi connectivity index (χ1v) is 13.4. The van der Waals surface area contributed by atoms with Crippen LogP contribution < -0.4 is 16.1 Å². The molecule has 182 valence electrons. The minimum absolute atomic E-state index is 0.0169. The van der Waals surface area contributed by atoms with Crippen LogP contribution in [0.4, 0.5) is 10.2 Å². The summed E-state index contributed by atoms with van der Waals surface area (Å²) < 4.78 is 34.4. The van der Waals surface area contributed by atoms with Gasteiger partial charge in [-0.15, -0.1) is 0 Å². The molecule has 1 saturated heterocycles. The van der Waals surface area contributed by atoms with E-state index < -0.39 is 26.9 Å². The Morgan fingerprint density at radius 1 is 1.06 bits per heavy atom. The van der Waals surface area contributed by atoms with Crippen LogP contribution in [0.15, 0.2) is 67.0 Å². The van der Waals surface area contributed by atoms with Gasteiger partial charge < -0.3 is 19.6 Å². The molecule has 4 aromatic rings. The van der Waals surface area contributed by atoms with Gasteiger partial charge in [-0.25, -0.2) is 4.98 Å². The van der Waals surface area contributed by atoms with Gasteiger partial charge in [0.1, 0.15) is 0 Å². The molecule has 8 nitrogen and oxygen atoms in total. The maximum atomic E-state index is 13.8. The van der Waals surface area contributed by atoms with Gasteiger partial charge in [-0.2, -0.15) is 14.4 Å². The molecule has 0 saturated carbocycles. The number of nitrogen functional groups attached to an aromatic ring is 1. The van der Waals surface area contributed by atoms with Crippen molar-refractivity contribution < 1.29 is 18.3 Å². The van der Waals surface area contributed by atoms with E-state index in [9.17, 15) is 4.39 Å². The summed E-state index contributed by atoms with van der Waals surface area (Å²) >= 11 is 0. The van der Waals surface area contributed by atoms with Crippen molar-refractivity contribution in [3.8, 4) is 0 Å². The Bertz CT molecular complexity index is 1270. The number of rotatable bonds is 6. The first-order valence-electron chi connectivity index (χ1n) is 11.5. The Hall–Kier alpha value is -3.18. The zero-order valence-corrected chi connectivity index (χ0v) is 20.9. The summed E-state index contributed by atoms with van der Waals surface area (Å²) in [6, 6.07) is 20.8. The lowest BCUT2D eigenvalue weighted by atomic mass is 10.2. The van der Waals surface area contributed by atoms with E-state index in [-0.39, 0.29) is 29.7 Å². The molecule has 0 unspecified atom stereocenters. The van der Waals surface area contributed by atoms with Crippen molar-refractivity contribution in [2.24, 2.45) is 0 Å². The molecule has 0 amide bonds. The molecule has 2 N–H and O–H groups in total. The van der Waals surface area contributed by atoms with Crippen LogP contribution in [0.1, 0.15) is 27.0 Å². The monoisotopic (exact) mass is 493 g/mol. The van der Waals surface area contributed by atoms with Crippen molar-refractivity contribution in [1.29, 1.82) is 0 Å². The van der Waals surface area contributed by atoms with Crippen LogP contribution in [0.2, 0.25) is 5.04 Å². The quantitative estimate of drug-likeness (QED) is 0.326. The molecule has 5 rings (SSSR count). The molecule has 0 aliphatic carbocycles. The van der Waals surface area contributed by atoms with E-state index in [4.69, 9.17) is 19.6 Å². The minimum Gasteiger partial charge on any atom is -0.402 e. The first-order chi connectivity index (χ1) is 16.8. The van der Waals surface area contributed by atoms with E-state index in [1.54, 1.807) is 4.57 Å². The molecule has 3 heterocycles. The number of benzene rings is 2. The van der Waals surface area contributed by atoms with E-state index >= 15 is 0 Å². The molecular weight excluding hydrogens is 465 g/mol. The predicted octanol–water partition coefficient (Wildman–Crippen LogP) is 3.00. The van der Waals surface area contributed by atoms with Crippen LogP contribution >= 0.6 is 0 Å². The number of ether oxygens (including phenoxy) is 2. The third-order valence-corrected chi connectivity index (χ3v) is 11.3. The Labute approximate surface area is 204 Å². The fourth-order valence-electron chi connectivity index (χ4n) is 4.75. The second-order valence-electron chi connectivity index (χ2n) is 9.53. The van der Waals surface area contributed by atoms with Crippen molar-refractivity contribution in [2.45, 2.75) is 38.3 Å². The predicted molar refractivity (Wildman–Crippen MR) is 133 cm³/mol. The zero-order valence-electron chi connectivity index (χ0n) is 19.9. The molecule has 10 heteroatoms. The van der Waals surface area contributed by atoms with Gasteiger partial charge in [-0.1, -0.05) is 81.4 Å². The van der Waals surface area contributed by atoms with E-state index in [0.717, 1.165) is 0 Å². The second-order valence-corrected chi connectivity index (χ2v) is 13.8. The van der Waals surface area contributed by atoms with E-state index in [0.29, 0.717) is 5.52 Å². The van der Waals surface area contributed by atoms with Crippen LogP contribution in [-0.2, 0) is 13.9 Å². The number of nitrogens with zero attached hydrogens (tertiary/aromatic N) is 4. The molecule has 1 aliphatic heterocycles. The second kappa shape index (κ2) is 9.12. The fourth-order valence-corrected chi connectivity index (χ4v) is 9.29. The van der Waals surface area contributed by atoms with Gasteiger partial charge in [0.05, 0.1) is 19.5 Å². The molecule has 0 radical (unpaired) electrons. The highest BCUT2D eigenvalue weighted by atomic mass is 28.4. The number of fused-ring (bicyclic) bond motifs is 1. The molecule has 2 aromatic heterocycles. The molecular formula is C25H28FN5O3Si. The highest BCUT2D eigenvalue weighted by molar-refractivity contribution is 6.99. The summed E-state index contributed by atoms with van der Waals surface area (Å²) in [6.45, 7) is 7.13. The Morgan fingerprint density at radius 2 is 1.69 bits per heavy atom. The molecule has 2 atom stereocenters. The summed E-state index contributed by atoms with van der Waals surface area (Å²) in [5.74, 6) is -0.0169. The van der Waals surface area contributed by atoms with E-state index in [2.05, 4.69) is 60.0 Å². The molecule has 2 aromatic carbocycles. The van der Waals surface area contributed by atoms with Crippen LogP contribution in [-0.4, -0.2) is 47.3 Å². The van der Waals surface area contributed by atoms with Gasteiger partial charge in [0.15, 0.2) is 29.5 Å². The van der Waals surface area contributed by atoms with E-state index in [1.165, 1.54) is 16.7 Å². The fraction of sp³-hybridized carbons (Fsp3) is 0.320.